The van der Waals surface area contributed by atoms with Crippen molar-refractivity contribution in [2.75, 3.05) is 5.32 Å². The van der Waals surface area contributed by atoms with Crippen molar-refractivity contribution in [1.82, 2.24) is 19.7 Å². The summed E-state index contributed by atoms with van der Waals surface area (Å²) in [6, 6.07) is 6.99. The Bertz CT molecular complexity index is 928. The van der Waals surface area contributed by atoms with Crippen LogP contribution in [-0.4, -0.2) is 25.7 Å². The minimum Gasteiger partial charge on any atom is -0.327 e. The van der Waals surface area contributed by atoms with Crippen molar-refractivity contribution >= 4 is 11.6 Å². The van der Waals surface area contributed by atoms with Gasteiger partial charge >= 0.3 is 0 Å². The molecule has 0 aliphatic rings. The molecule has 24 heavy (non-hydrogen) atoms. The summed E-state index contributed by atoms with van der Waals surface area (Å²) in [5.74, 6) is -0.366. The highest BCUT2D eigenvalue weighted by molar-refractivity contribution is 6.03. The Morgan fingerprint density at radius 3 is 2.71 bits per heavy atom. The Kier molecular flexibility index (Phi) is 4.24. The van der Waals surface area contributed by atoms with E-state index >= 15 is 0 Å². The van der Waals surface area contributed by atoms with Gasteiger partial charge in [-0.05, 0) is 43.7 Å². The molecule has 3 heterocycles. The number of anilines is 1. The summed E-state index contributed by atoms with van der Waals surface area (Å²) in [5.41, 5.74) is 2.68. The molecule has 0 saturated heterocycles. The fourth-order valence-corrected chi connectivity index (χ4v) is 2.44. The maximum atomic E-state index is 12.5. The Labute approximate surface area is 138 Å². The molecule has 0 aromatic carbocycles. The maximum absolute atomic E-state index is 12.5. The second kappa shape index (κ2) is 6.49. The van der Waals surface area contributed by atoms with Gasteiger partial charge in [0, 0.05) is 30.7 Å². The molecule has 2 N–H and O–H groups in total. The zero-order valence-corrected chi connectivity index (χ0v) is 13.4. The highest BCUT2D eigenvalue weighted by Gasteiger charge is 2.15. The summed E-state index contributed by atoms with van der Waals surface area (Å²) in [6.45, 7) is 4.30. The largest absolute Gasteiger partial charge is 0.327 e. The van der Waals surface area contributed by atoms with E-state index in [9.17, 15) is 9.59 Å². The van der Waals surface area contributed by atoms with E-state index < -0.39 is 0 Å². The van der Waals surface area contributed by atoms with Crippen LogP contribution in [0.4, 0.5) is 5.69 Å². The summed E-state index contributed by atoms with van der Waals surface area (Å²) >= 11 is 0. The van der Waals surface area contributed by atoms with Gasteiger partial charge in [-0.2, -0.15) is 5.10 Å². The van der Waals surface area contributed by atoms with E-state index in [1.165, 1.54) is 0 Å². The predicted octanol–water partition coefficient (Wildman–Crippen LogP) is 2.21. The van der Waals surface area contributed by atoms with Crippen LogP contribution in [0.3, 0.4) is 0 Å². The Hall–Kier alpha value is -3.22. The lowest BCUT2D eigenvalue weighted by Gasteiger charge is -2.08. The Morgan fingerprint density at radius 1 is 1.25 bits per heavy atom. The highest BCUT2D eigenvalue weighted by Crippen LogP contribution is 2.19. The molecule has 0 unspecified atom stereocenters. The van der Waals surface area contributed by atoms with Crippen molar-refractivity contribution in [3.05, 3.63) is 64.6 Å². The first-order valence-corrected chi connectivity index (χ1v) is 7.57. The van der Waals surface area contributed by atoms with Crippen LogP contribution in [0, 0.1) is 6.92 Å². The number of amides is 1. The van der Waals surface area contributed by atoms with Gasteiger partial charge < -0.3 is 10.3 Å². The lowest BCUT2D eigenvalue weighted by Crippen LogP contribution is -2.22. The molecule has 0 radical (unpaired) electrons. The number of carbonyl (C=O) groups is 1. The molecule has 0 aliphatic heterocycles. The van der Waals surface area contributed by atoms with Crippen LogP contribution in [0.5, 0.6) is 0 Å². The number of carbonyl (C=O) groups excluding carboxylic acids is 1. The van der Waals surface area contributed by atoms with Crippen LogP contribution in [0.2, 0.25) is 0 Å². The Balaban J connectivity index is 1.92. The van der Waals surface area contributed by atoms with Gasteiger partial charge in [0.15, 0.2) is 0 Å². The number of nitrogens with one attached hydrogen (secondary N) is 2. The molecule has 0 bridgehead atoms. The van der Waals surface area contributed by atoms with Gasteiger partial charge in [0.2, 0.25) is 0 Å². The predicted molar refractivity (Wildman–Crippen MR) is 90.9 cm³/mol. The van der Waals surface area contributed by atoms with E-state index in [-0.39, 0.29) is 17.2 Å². The number of hydrogen-bond donors (Lipinski definition) is 2. The van der Waals surface area contributed by atoms with Crippen molar-refractivity contribution in [2.24, 2.45) is 0 Å². The molecule has 122 valence electrons. The first-order valence-electron chi connectivity index (χ1n) is 7.57. The molecule has 3 aromatic rings. The van der Waals surface area contributed by atoms with Crippen LogP contribution in [0.25, 0.3) is 11.1 Å². The molecule has 0 aliphatic carbocycles. The number of aromatic amines is 1. The van der Waals surface area contributed by atoms with Gasteiger partial charge in [-0.3, -0.25) is 19.3 Å². The van der Waals surface area contributed by atoms with Crippen LogP contribution in [0.15, 0.2) is 47.7 Å². The van der Waals surface area contributed by atoms with Crippen molar-refractivity contribution in [2.45, 2.75) is 20.4 Å². The number of aromatic nitrogens is 4. The zero-order valence-electron chi connectivity index (χ0n) is 13.4. The van der Waals surface area contributed by atoms with E-state index in [0.717, 1.165) is 16.8 Å². The second-order valence-corrected chi connectivity index (χ2v) is 5.31. The van der Waals surface area contributed by atoms with Crippen molar-refractivity contribution in [3.8, 4) is 11.1 Å². The van der Waals surface area contributed by atoms with E-state index in [1.54, 1.807) is 35.4 Å². The fraction of sp³-hybridized carbons (Fsp3) is 0.176. The van der Waals surface area contributed by atoms with Crippen LogP contribution in [-0.2, 0) is 6.54 Å². The third-order valence-corrected chi connectivity index (χ3v) is 3.60. The van der Waals surface area contributed by atoms with E-state index in [1.807, 2.05) is 26.0 Å². The minimum absolute atomic E-state index is 0.191. The van der Waals surface area contributed by atoms with Gasteiger partial charge in [0.05, 0.1) is 5.69 Å². The lowest BCUT2D eigenvalue weighted by atomic mass is 10.1. The first kappa shape index (κ1) is 15.7. The highest BCUT2D eigenvalue weighted by atomic mass is 16.2. The first-order chi connectivity index (χ1) is 11.6. The van der Waals surface area contributed by atoms with Gasteiger partial charge in [-0.15, -0.1) is 0 Å². The number of rotatable bonds is 4. The average Bonchev–Trinajstić information content (AvgIpc) is 2.98. The normalized spacial score (nSPS) is 10.6. The maximum Gasteiger partial charge on any atom is 0.274 e. The monoisotopic (exact) mass is 323 g/mol. The number of pyridine rings is 2. The molecule has 7 heteroatoms. The number of H-pyrrole nitrogens is 1. The van der Waals surface area contributed by atoms with Gasteiger partial charge in [0.1, 0.15) is 11.4 Å². The molecule has 7 nitrogen and oxygen atoms in total. The molecule has 3 rings (SSSR count). The summed E-state index contributed by atoms with van der Waals surface area (Å²) in [7, 11) is 0. The lowest BCUT2D eigenvalue weighted by molar-refractivity contribution is 0.101. The quantitative estimate of drug-likeness (QED) is 0.770. The van der Waals surface area contributed by atoms with E-state index in [0.29, 0.717) is 12.2 Å². The molecule has 0 saturated carbocycles. The summed E-state index contributed by atoms with van der Waals surface area (Å²) in [4.78, 5) is 31.1. The van der Waals surface area contributed by atoms with Crippen LogP contribution in [0.1, 0.15) is 23.1 Å². The van der Waals surface area contributed by atoms with Crippen LogP contribution >= 0.6 is 0 Å². The standard InChI is InChI=1S/C17H17N5O2/c1-3-22-15(8-11(2)21-22)17(24)20-14-9-13(10-19-16(14)23)12-4-6-18-7-5-12/h4-10H,3H2,1-2H3,(H,19,23)(H,20,24). The SMILES string of the molecule is CCn1nc(C)cc1C(=O)Nc1cc(-c2ccncc2)c[nH]c1=O. The number of aryl methyl sites for hydroxylation is 2. The Morgan fingerprint density at radius 2 is 2.00 bits per heavy atom. The average molecular weight is 323 g/mol. The molecule has 0 spiro atoms. The van der Waals surface area contributed by atoms with Gasteiger partial charge in [-0.1, -0.05) is 0 Å². The fourth-order valence-electron chi connectivity index (χ4n) is 2.44. The summed E-state index contributed by atoms with van der Waals surface area (Å²) in [5, 5.41) is 6.91. The molecule has 0 fully saturated rings. The van der Waals surface area contributed by atoms with Crippen LogP contribution < -0.4 is 10.9 Å². The molecule has 3 aromatic heterocycles. The van der Waals surface area contributed by atoms with E-state index in [4.69, 9.17) is 0 Å². The zero-order chi connectivity index (χ0) is 17.1. The van der Waals surface area contributed by atoms with Crippen molar-refractivity contribution in [1.29, 1.82) is 0 Å². The third kappa shape index (κ3) is 3.10. The molecular formula is C17H17N5O2. The second-order valence-electron chi connectivity index (χ2n) is 5.31. The summed E-state index contributed by atoms with van der Waals surface area (Å²) in [6.07, 6.45) is 4.94. The smallest absolute Gasteiger partial charge is 0.274 e. The summed E-state index contributed by atoms with van der Waals surface area (Å²) < 4.78 is 1.60. The molecule has 0 atom stereocenters. The number of hydrogen-bond acceptors (Lipinski definition) is 4. The molecule has 1 amide bonds. The third-order valence-electron chi connectivity index (χ3n) is 3.60. The van der Waals surface area contributed by atoms with Crippen molar-refractivity contribution < 1.29 is 4.79 Å². The minimum atomic E-state index is -0.366. The van der Waals surface area contributed by atoms with Gasteiger partial charge in [0.25, 0.3) is 11.5 Å². The van der Waals surface area contributed by atoms with Crippen molar-refractivity contribution in [3.63, 3.8) is 0 Å². The topological polar surface area (TPSA) is 92.7 Å². The van der Waals surface area contributed by atoms with E-state index in [2.05, 4.69) is 20.4 Å². The molecular weight excluding hydrogens is 306 g/mol. The number of nitrogens with zero attached hydrogens (tertiary/aromatic N) is 3. The van der Waals surface area contributed by atoms with Gasteiger partial charge in [-0.25, -0.2) is 0 Å².